The van der Waals surface area contributed by atoms with Gasteiger partial charge in [-0.25, -0.2) is 4.98 Å². The third-order valence-electron chi connectivity index (χ3n) is 5.21. The predicted molar refractivity (Wildman–Crippen MR) is 133 cm³/mol. The minimum Gasteiger partial charge on any atom is -0.491 e. The summed E-state index contributed by atoms with van der Waals surface area (Å²) < 4.78 is 16.7. The number of aliphatic hydroxyl groups is 2. The van der Waals surface area contributed by atoms with Crippen LogP contribution in [-0.4, -0.2) is 39.5 Å². The lowest BCUT2D eigenvalue weighted by atomic mass is 9.96. The molecular weight excluding hydrogens is 498 g/mol. The van der Waals surface area contributed by atoms with Crippen molar-refractivity contribution in [3.05, 3.63) is 76.6 Å². The van der Waals surface area contributed by atoms with Crippen LogP contribution in [0.2, 0.25) is 5.02 Å². The molecule has 0 fully saturated rings. The van der Waals surface area contributed by atoms with E-state index in [1.165, 1.54) is 6.26 Å². The van der Waals surface area contributed by atoms with Crippen molar-refractivity contribution in [2.75, 3.05) is 18.9 Å². The van der Waals surface area contributed by atoms with Gasteiger partial charge in [-0.1, -0.05) is 23.7 Å². The average molecular weight is 518 g/mol. The number of oxazole rings is 1. The van der Waals surface area contributed by atoms with Gasteiger partial charge in [0.25, 0.3) is 0 Å². The summed E-state index contributed by atoms with van der Waals surface area (Å²) in [5, 5.41) is 38.6. The van der Waals surface area contributed by atoms with Crippen molar-refractivity contribution >= 4 is 17.4 Å². The number of nitrogen functional groups attached to an aromatic ring is 1. The van der Waals surface area contributed by atoms with Crippen LogP contribution in [0.4, 0.5) is 5.82 Å². The molecule has 0 saturated heterocycles. The molecule has 4 aromatic rings. The maximum Gasteiger partial charge on any atom is 0.234 e. The Morgan fingerprint density at radius 2 is 1.65 bits per heavy atom. The molecule has 0 bridgehead atoms. The Bertz CT molecular complexity index is 1470. The van der Waals surface area contributed by atoms with E-state index in [0.29, 0.717) is 27.9 Å². The van der Waals surface area contributed by atoms with Gasteiger partial charge in [0.1, 0.15) is 66.1 Å². The Hall–Kier alpha value is -4.61. The monoisotopic (exact) mass is 517 g/mol. The lowest BCUT2D eigenvalue weighted by Crippen LogP contribution is -2.21. The Kier molecular flexibility index (Phi) is 7.86. The fourth-order valence-corrected chi connectivity index (χ4v) is 3.52. The Morgan fingerprint density at radius 1 is 0.973 bits per heavy atom. The van der Waals surface area contributed by atoms with Crippen molar-refractivity contribution in [1.29, 1.82) is 10.5 Å². The summed E-state index contributed by atoms with van der Waals surface area (Å²) in [6, 6.07) is 17.5. The third kappa shape index (κ3) is 5.80. The molecule has 4 rings (SSSR count). The number of rotatable bonds is 9. The zero-order chi connectivity index (χ0) is 26.4. The van der Waals surface area contributed by atoms with Crippen LogP contribution in [0.25, 0.3) is 22.6 Å². The molecule has 186 valence electrons. The van der Waals surface area contributed by atoms with Crippen LogP contribution in [0.1, 0.15) is 16.8 Å². The molecule has 11 heteroatoms. The Labute approximate surface area is 216 Å². The molecule has 0 spiro atoms. The molecule has 0 saturated carbocycles. The number of halogens is 1. The van der Waals surface area contributed by atoms with Crippen molar-refractivity contribution < 1.29 is 24.1 Å². The molecule has 0 aliphatic carbocycles. The topological polar surface area (TPSA) is 171 Å². The molecule has 0 unspecified atom stereocenters. The second-order valence-electron chi connectivity index (χ2n) is 7.76. The number of anilines is 1. The molecule has 0 aliphatic rings. The van der Waals surface area contributed by atoms with Crippen LogP contribution >= 0.6 is 11.6 Å². The van der Waals surface area contributed by atoms with Crippen molar-refractivity contribution in [2.24, 2.45) is 0 Å². The SMILES string of the molecule is N#Cc1c(N)nc(OCc2coc(-c3ccc(Cl)cc3)n2)c(C#N)c1-c1ccc(OC[C@H](O)CO)cc1. The molecule has 2 aromatic carbocycles. The van der Waals surface area contributed by atoms with Gasteiger partial charge in [0.2, 0.25) is 11.8 Å². The van der Waals surface area contributed by atoms with Crippen LogP contribution in [0, 0.1) is 22.7 Å². The van der Waals surface area contributed by atoms with Crippen LogP contribution in [0.15, 0.2) is 59.2 Å². The number of aliphatic hydroxyl groups excluding tert-OH is 2. The number of pyridine rings is 1. The molecule has 2 aromatic heterocycles. The highest BCUT2D eigenvalue weighted by Crippen LogP contribution is 2.36. The first kappa shape index (κ1) is 25.5. The highest BCUT2D eigenvalue weighted by molar-refractivity contribution is 6.30. The van der Waals surface area contributed by atoms with Gasteiger partial charge in [-0.15, -0.1) is 0 Å². The first-order chi connectivity index (χ1) is 17.9. The van der Waals surface area contributed by atoms with E-state index in [2.05, 4.69) is 16.0 Å². The van der Waals surface area contributed by atoms with Crippen molar-refractivity contribution in [2.45, 2.75) is 12.7 Å². The fourth-order valence-electron chi connectivity index (χ4n) is 3.39. The molecule has 10 nitrogen and oxygen atoms in total. The second kappa shape index (κ2) is 11.4. The maximum atomic E-state index is 9.93. The third-order valence-corrected chi connectivity index (χ3v) is 5.46. The number of aromatic nitrogens is 2. The number of ether oxygens (including phenoxy) is 2. The number of hydrogen-bond donors (Lipinski definition) is 3. The van der Waals surface area contributed by atoms with E-state index in [-0.39, 0.29) is 41.6 Å². The summed E-state index contributed by atoms with van der Waals surface area (Å²) in [5.41, 5.74) is 8.04. The van der Waals surface area contributed by atoms with Crippen molar-refractivity contribution in [1.82, 2.24) is 9.97 Å². The molecule has 0 aliphatic heterocycles. The average Bonchev–Trinajstić information content (AvgIpc) is 3.39. The largest absolute Gasteiger partial charge is 0.491 e. The first-order valence-electron chi connectivity index (χ1n) is 10.9. The summed E-state index contributed by atoms with van der Waals surface area (Å²) in [6.45, 7) is -0.584. The minimum absolute atomic E-state index is 0.0246. The number of nitrogens with two attached hydrogens (primary N) is 1. The van der Waals surface area contributed by atoms with Gasteiger partial charge in [-0.2, -0.15) is 15.5 Å². The fraction of sp³-hybridized carbons (Fsp3) is 0.154. The van der Waals surface area contributed by atoms with Crippen LogP contribution in [0.5, 0.6) is 11.6 Å². The highest BCUT2D eigenvalue weighted by atomic mass is 35.5. The lowest BCUT2D eigenvalue weighted by Gasteiger charge is -2.14. The van der Waals surface area contributed by atoms with E-state index in [4.69, 9.17) is 36.3 Å². The molecule has 0 amide bonds. The van der Waals surface area contributed by atoms with Crippen molar-refractivity contribution in [3.8, 4) is 46.3 Å². The number of nitriles is 2. The van der Waals surface area contributed by atoms with E-state index in [1.54, 1.807) is 48.5 Å². The van der Waals surface area contributed by atoms with Gasteiger partial charge in [-0.3, -0.25) is 0 Å². The molecular formula is C26H20ClN5O5. The first-order valence-corrected chi connectivity index (χ1v) is 11.3. The van der Waals surface area contributed by atoms with E-state index in [0.717, 1.165) is 5.56 Å². The molecule has 4 N–H and O–H groups in total. The summed E-state index contributed by atoms with van der Waals surface area (Å²) >= 11 is 5.92. The molecule has 2 heterocycles. The standard InChI is InChI=1S/C26H20ClN5O5/c27-17-5-1-16(2-6-17)25-31-18(12-36-25)13-37-26-22(10-29)23(21(9-28)24(30)32-26)15-3-7-20(8-4-15)35-14-19(34)11-33/h1-8,12,19,33-34H,11,13-14H2,(H2,30,32)/t19-/m1/s1. The smallest absolute Gasteiger partial charge is 0.234 e. The van der Waals surface area contributed by atoms with Crippen molar-refractivity contribution in [3.63, 3.8) is 0 Å². The van der Waals surface area contributed by atoms with Gasteiger partial charge in [0.05, 0.1) is 6.61 Å². The van der Waals surface area contributed by atoms with Gasteiger partial charge in [0.15, 0.2) is 0 Å². The number of nitrogens with zero attached hydrogens (tertiary/aromatic N) is 4. The zero-order valence-corrected chi connectivity index (χ0v) is 20.0. The molecule has 37 heavy (non-hydrogen) atoms. The summed E-state index contributed by atoms with van der Waals surface area (Å²) in [4.78, 5) is 8.51. The quantitative estimate of drug-likeness (QED) is 0.297. The van der Waals surface area contributed by atoms with E-state index < -0.39 is 12.7 Å². The van der Waals surface area contributed by atoms with Crippen LogP contribution in [-0.2, 0) is 6.61 Å². The van der Waals surface area contributed by atoms with Crippen LogP contribution in [0.3, 0.4) is 0 Å². The summed E-state index contributed by atoms with van der Waals surface area (Å²) in [5.74, 6) is 0.642. The molecule has 1 atom stereocenters. The van der Waals surface area contributed by atoms with Gasteiger partial charge < -0.3 is 29.8 Å². The maximum absolute atomic E-state index is 9.93. The number of hydrogen-bond acceptors (Lipinski definition) is 10. The lowest BCUT2D eigenvalue weighted by molar-refractivity contribution is 0.0536. The Morgan fingerprint density at radius 3 is 2.30 bits per heavy atom. The summed E-state index contributed by atoms with van der Waals surface area (Å²) in [6.07, 6.45) is 0.415. The zero-order valence-electron chi connectivity index (χ0n) is 19.3. The van der Waals surface area contributed by atoms with Crippen LogP contribution < -0.4 is 15.2 Å². The highest BCUT2D eigenvalue weighted by Gasteiger charge is 2.22. The van der Waals surface area contributed by atoms with Gasteiger partial charge in [-0.05, 0) is 42.0 Å². The Balaban J connectivity index is 1.60. The van der Waals surface area contributed by atoms with Gasteiger partial charge >= 0.3 is 0 Å². The normalized spacial score (nSPS) is 11.4. The van der Waals surface area contributed by atoms with Gasteiger partial charge in [0, 0.05) is 16.1 Å². The molecule has 0 radical (unpaired) electrons. The predicted octanol–water partition coefficient (Wildman–Crippen LogP) is 3.69. The van der Waals surface area contributed by atoms with E-state index in [9.17, 15) is 15.6 Å². The van der Waals surface area contributed by atoms with E-state index in [1.807, 2.05) is 6.07 Å². The van der Waals surface area contributed by atoms with E-state index >= 15 is 0 Å². The summed E-state index contributed by atoms with van der Waals surface area (Å²) in [7, 11) is 0. The minimum atomic E-state index is -1.01. The second-order valence-corrected chi connectivity index (χ2v) is 8.20. The number of benzene rings is 2.